The van der Waals surface area contributed by atoms with Crippen molar-refractivity contribution in [3.05, 3.63) is 94.0 Å². The van der Waals surface area contributed by atoms with E-state index in [1.165, 1.54) is 0 Å². The molecule has 1 aliphatic rings. The van der Waals surface area contributed by atoms with Crippen molar-refractivity contribution in [3.8, 4) is 0 Å². The van der Waals surface area contributed by atoms with E-state index in [9.17, 15) is 9.59 Å². The van der Waals surface area contributed by atoms with Crippen molar-refractivity contribution < 1.29 is 9.59 Å². The Morgan fingerprint density at radius 2 is 1.71 bits per heavy atom. The van der Waals surface area contributed by atoms with Crippen molar-refractivity contribution in [2.45, 2.75) is 19.4 Å². The minimum atomic E-state index is -0.166. The molecule has 1 N–H and O–H groups in total. The van der Waals surface area contributed by atoms with E-state index in [1.54, 1.807) is 6.07 Å². The standard InChI is InChI=1S/C23H19BrN2O2/c24-20-9-5-4-8-19(20)23(28)25-18-11-12-21-17(14-18)10-13-22(27)26(21)15-16-6-2-1-3-7-16/h1-9,11-12,14H,10,13,15H2,(H,25,28). The molecule has 0 aliphatic carbocycles. The number of nitrogens with one attached hydrogen (secondary N) is 1. The number of hydrogen-bond donors (Lipinski definition) is 1. The maximum atomic E-state index is 12.6. The summed E-state index contributed by atoms with van der Waals surface area (Å²) in [5.41, 5.74) is 4.39. The molecule has 0 saturated heterocycles. The van der Waals surface area contributed by atoms with Gasteiger partial charge in [0.2, 0.25) is 5.91 Å². The van der Waals surface area contributed by atoms with Crippen LogP contribution in [0.25, 0.3) is 0 Å². The normalized spacial score (nSPS) is 13.2. The van der Waals surface area contributed by atoms with Gasteiger partial charge in [-0.2, -0.15) is 0 Å². The highest BCUT2D eigenvalue weighted by Crippen LogP contribution is 2.32. The molecule has 1 heterocycles. The van der Waals surface area contributed by atoms with Gasteiger partial charge in [-0.25, -0.2) is 0 Å². The van der Waals surface area contributed by atoms with Crippen molar-refractivity contribution in [2.75, 3.05) is 10.2 Å². The number of amides is 2. The van der Waals surface area contributed by atoms with E-state index in [2.05, 4.69) is 21.2 Å². The van der Waals surface area contributed by atoms with Gasteiger partial charge in [-0.3, -0.25) is 9.59 Å². The Morgan fingerprint density at radius 3 is 2.50 bits per heavy atom. The first-order valence-electron chi connectivity index (χ1n) is 9.15. The van der Waals surface area contributed by atoms with E-state index in [4.69, 9.17) is 0 Å². The van der Waals surface area contributed by atoms with Crippen LogP contribution < -0.4 is 10.2 Å². The van der Waals surface area contributed by atoms with Gasteiger partial charge in [-0.1, -0.05) is 42.5 Å². The first kappa shape index (κ1) is 18.4. The zero-order valence-electron chi connectivity index (χ0n) is 15.2. The third-order valence-corrected chi connectivity index (χ3v) is 5.53. The summed E-state index contributed by atoms with van der Waals surface area (Å²) >= 11 is 3.41. The van der Waals surface area contributed by atoms with Crippen molar-refractivity contribution in [2.24, 2.45) is 0 Å². The number of carbonyl (C=O) groups excluding carboxylic acids is 2. The van der Waals surface area contributed by atoms with Crippen molar-refractivity contribution >= 4 is 39.1 Å². The number of fused-ring (bicyclic) bond motifs is 1. The van der Waals surface area contributed by atoms with Gasteiger partial charge in [0.1, 0.15) is 0 Å². The summed E-state index contributed by atoms with van der Waals surface area (Å²) in [5.74, 6) is -0.0400. The number of halogens is 1. The molecule has 4 rings (SSSR count). The number of nitrogens with zero attached hydrogens (tertiary/aromatic N) is 1. The highest BCUT2D eigenvalue weighted by molar-refractivity contribution is 9.10. The Morgan fingerprint density at radius 1 is 0.964 bits per heavy atom. The van der Waals surface area contributed by atoms with Crippen LogP contribution in [0, 0.1) is 0 Å². The molecule has 0 atom stereocenters. The average Bonchev–Trinajstić information content (AvgIpc) is 2.71. The maximum absolute atomic E-state index is 12.6. The van der Waals surface area contributed by atoms with E-state index in [0.717, 1.165) is 27.0 Å². The van der Waals surface area contributed by atoms with Crippen LogP contribution in [0.2, 0.25) is 0 Å². The lowest BCUT2D eigenvalue weighted by molar-refractivity contribution is -0.119. The van der Waals surface area contributed by atoms with E-state index >= 15 is 0 Å². The number of hydrogen-bond acceptors (Lipinski definition) is 2. The van der Waals surface area contributed by atoms with Crippen molar-refractivity contribution in [1.82, 2.24) is 0 Å². The minimum absolute atomic E-state index is 0.126. The van der Waals surface area contributed by atoms with Gasteiger partial charge >= 0.3 is 0 Å². The van der Waals surface area contributed by atoms with Gasteiger partial charge in [-0.05, 0) is 63.8 Å². The Balaban J connectivity index is 1.57. The fourth-order valence-corrected chi connectivity index (χ4v) is 3.89. The van der Waals surface area contributed by atoms with E-state index < -0.39 is 0 Å². The molecule has 1 aliphatic heterocycles. The zero-order chi connectivity index (χ0) is 19.5. The summed E-state index contributed by atoms with van der Waals surface area (Å²) in [6, 6.07) is 23.0. The number of anilines is 2. The number of benzene rings is 3. The molecule has 4 nitrogen and oxygen atoms in total. The molecule has 0 spiro atoms. The molecular formula is C23H19BrN2O2. The highest BCUT2D eigenvalue weighted by Gasteiger charge is 2.24. The molecule has 28 heavy (non-hydrogen) atoms. The Kier molecular flexibility index (Phi) is 5.26. The molecule has 140 valence electrons. The molecule has 0 fully saturated rings. The predicted octanol–water partition coefficient (Wildman–Crippen LogP) is 5.18. The second kappa shape index (κ2) is 7.98. The first-order valence-corrected chi connectivity index (χ1v) is 9.94. The third-order valence-electron chi connectivity index (χ3n) is 4.84. The molecule has 0 aromatic heterocycles. The fourth-order valence-electron chi connectivity index (χ4n) is 3.42. The largest absolute Gasteiger partial charge is 0.322 e. The van der Waals surface area contributed by atoms with Gasteiger partial charge in [0.15, 0.2) is 0 Å². The van der Waals surface area contributed by atoms with Crippen LogP contribution in [0.15, 0.2) is 77.3 Å². The lowest BCUT2D eigenvalue weighted by Gasteiger charge is -2.30. The second-order valence-corrected chi connectivity index (χ2v) is 7.60. The van der Waals surface area contributed by atoms with E-state index in [1.807, 2.05) is 71.6 Å². The number of carbonyl (C=O) groups is 2. The second-order valence-electron chi connectivity index (χ2n) is 6.74. The van der Waals surface area contributed by atoms with Gasteiger partial charge < -0.3 is 10.2 Å². The monoisotopic (exact) mass is 434 g/mol. The van der Waals surface area contributed by atoms with Crippen LogP contribution >= 0.6 is 15.9 Å². The average molecular weight is 435 g/mol. The van der Waals surface area contributed by atoms with Crippen LogP contribution in [0.4, 0.5) is 11.4 Å². The molecule has 2 amide bonds. The van der Waals surface area contributed by atoms with Gasteiger partial charge in [-0.15, -0.1) is 0 Å². The molecule has 5 heteroatoms. The van der Waals surface area contributed by atoms with Gasteiger partial charge in [0.05, 0.1) is 12.1 Å². The lowest BCUT2D eigenvalue weighted by Crippen LogP contribution is -2.34. The zero-order valence-corrected chi connectivity index (χ0v) is 16.8. The molecule has 0 saturated carbocycles. The minimum Gasteiger partial charge on any atom is -0.322 e. The molecule has 3 aromatic rings. The molecule has 0 radical (unpaired) electrons. The first-order chi connectivity index (χ1) is 13.6. The predicted molar refractivity (Wildman–Crippen MR) is 114 cm³/mol. The molecule has 3 aromatic carbocycles. The van der Waals surface area contributed by atoms with Gasteiger partial charge in [0, 0.05) is 22.3 Å². The van der Waals surface area contributed by atoms with E-state index in [-0.39, 0.29) is 11.8 Å². The van der Waals surface area contributed by atoms with Crippen molar-refractivity contribution in [1.29, 1.82) is 0 Å². The quantitative estimate of drug-likeness (QED) is 0.614. The third kappa shape index (κ3) is 3.85. The van der Waals surface area contributed by atoms with Gasteiger partial charge in [0.25, 0.3) is 5.91 Å². The topological polar surface area (TPSA) is 49.4 Å². The molecule has 0 unspecified atom stereocenters. The van der Waals surface area contributed by atoms with Crippen LogP contribution in [-0.2, 0) is 17.8 Å². The van der Waals surface area contributed by atoms with Crippen molar-refractivity contribution in [3.63, 3.8) is 0 Å². The number of aryl methyl sites for hydroxylation is 1. The fraction of sp³-hybridized carbons (Fsp3) is 0.130. The number of rotatable bonds is 4. The summed E-state index contributed by atoms with van der Waals surface area (Å²) in [5, 5.41) is 2.95. The molecular weight excluding hydrogens is 416 g/mol. The smallest absolute Gasteiger partial charge is 0.256 e. The van der Waals surface area contributed by atoms with Crippen LogP contribution in [0.3, 0.4) is 0 Å². The summed E-state index contributed by atoms with van der Waals surface area (Å²) in [4.78, 5) is 26.9. The summed E-state index contributed by atoms with van der Waals surface area (Å²) in [7, 11) is 0. The Bertz CT molecular complexity index is 1030. The van der Waals surface area contributed by atoms with E-state index in [0.29, 0.717) is 24.9 Å². The van der Waals surface area contributed by atoms with Crippen LogP contribution in [0.1, 0.15) is 27.9 Å². The lowest BCUT2D eigenvalue weighted by atomic mass is 9.99. The highest BCUT2D eigenvalue weighted by atomic mass is 79.9. The summed E-state index contributed by atoms with van der Waals surface area (Å²) in [6.45, 7) is 0.551. The Labute approximate surface area is 172 Å². The van der Waals surface area contributed by atoms with Crippen LogP contribution in [0.5, 0.6) is 0 Å². The Hall–Kier alpha value is -2.92. The maximum Gasteiger partial charge on any atom is 0.256 e. The molecule has 0 bridgehead atoms. The summed E-state index contributed by atoms with van der Waals surface area (Å²) in [6.07, 6.45) is 1.15. The van der Waals surface area contributed by atoms with Crippen LogP contribution in [-0.4, -0.2) is 11.8 Å². The SMILES string of the molecule is O=C(Nc1ccc2c(c1)CCC(=O)N2Cc1ccccc1)c1ccccc1Br. The summed E-state index contributed by atoms with van der Waals surface area (Å²) < 4.78 is 0.755.